The third-order valence-corrected chi connectivity index (χ3v) is 1.72. The summed E-state index contributed by atoms with van der Waals surface area (Å²) in [6.45, 7) is 0. The van der Waals surface area contributed by atoms with E-state index >= 15 is 0 Å². The Morgan fingerprint density at radius 3 is 3.11 bits per heavy atom. The van der Waals surface area contributed by atoms with Crippen LogP contribution in [0.2, 0.25) is 4.47 Å². The molecule has 0 unspecified atom stereocenters. The lowest BCUT2D eigenvalue weighted by Gasteiger charge is -1.77. The van der Waals surface area contributed by atoms with Crippen LogP contribution in [0.15, 0.2) is 5.38 Å². The molecule has 1 heterocycles. The van der Waals surface area contributed by atoms with Gasteiger partial charge < -0.3 is 0 Å². The number of halogens is 1. The van der Waals surface area contributed by atoms with Gasteiger partial charge >= 0.3 is 0 Å². The van der Waals surface area contributed by atoms with Gasteiger partial charge in [-0.1, -0.05) is 17.5 Å². The molecule has 0 aliphatic carbocycles. The highest BCUT2D eigenvalue weighted by Crippen LogP contribution is 2.15. The van der Waals surface area contributed by atoms with Crippen LogP contribution in [0.4, 0.5) is 0 Å². The van der Waals surface area contributed by atoms with Gasteiger partial charge in [-0.25, -0.2) is 4.98 Å². The third-order valence-electron chi connectivity index (χ3n) is 0.725. The molecule has 0 bridgehead atoms. The summed E-state index contributed by atoms with van der Waals surface area (Å²) in [5.74, 6) is 2.36. The van der Waals surface area contributed by atoms with E-state index in [4.69, 9.17) is 18.0 Å². The fourth-order valence-electron chi connectivity index (χ4n) is 0.415. The van der Waals surface area contributed by atoms with E-state index in [1.807, 2.05) is 5.38 Å². The van der Waals surface area contributed by atoms with Crippen LogP contribution in [0.5, 0.6) is 0 Å². The zero-order valence-corrected chi connectivity index (χ0v) is 6.04. The quantitative estimate of drug-likeness (QED) is 0.567. The highest BCUT2D eigenvalue weighted by Gasteiger charge is 1.95. The van der Waals surface area contributed by atoms with Crippen LogP contribution in [-0.2, 0) is 0 Å². The Morgan fingerprint density at radius 1 is 1.89 bits per heavy atom. The number of terminal acetylenes is 1. The summed E-state index contributed by atoms with van der Waals surface area (Å²) in [6.07, 6.45) is 6.56. The Balaban J connectivity index is 2.76. The summed E-state index contributed by atoms with van der Waals surface area (Å²) in [7, 11) is 0. The molecule has 1 aromatic heterocycles. The molecular formula is C6H3ClNS. The van der Waals surface area contributed by atoms with Crippen molar-refractivity contribution in [2.75, 3.05) is 0 Å². The first-order valence-corrected chi connectivity index (χ1v) is 3.49. The molecule has 0 fully saturated rings. The van der Waals surface area contributed by atoms with Crippen LogP contribution < -0.4 is 0 Å². The van der Waals surface area contributed by atoms with Crippen LogP contribution in [0.1, 0.15) is 5.69 Å². The maximum Gasteiger partial charge on any atom is 0.183 e. The minimum absolute atomic E-state index is 0.525. The molecule has 0 amide bonds. The van der Waals surface area contributed by atoms with Gasteiger partial charge in [-0.2, -0.15) is 0 Å². The van der Waals surface area contributed by atoms with Crippen LogP contribution in [-0.4, -0.2) is 4.98 Å². The summed E-state index contributed by atoms with van der Waals surface area (Å²) < 4.78 is 0.525. The van der Waals surface area contributed by atoms with Crippen LogP contribution in [0, 0.1) is 18.8 Å². The van der Waals surface area contributed by atoms with Crippen molar-refractivity contribution >= 4 is 22.9 Å². The molecule has 1 rings (SSSR count). The topological polar surface area (TPSA) is 12.9 Å². The molecule has 1 radical (unpaired) electrons. The van der Waals surface area contributed by atoms with Gasteiger partial charge in [0.2, 0.25) is 0 Å². The number of aromatic nitrogens is 1. The monoisotopic (exact) mass is 156 g/mol. The first kappa shape index (κ1) is 6.60. The molecule has 0 atom stereocenters. The molecule has 3 heteroatoms. The predicted octanol–water partition coefficient (Wildman–Crippen LogP) is 1.98. The van der Waals surface area contributed by atoms with Gasteiger partial charge in [0.05, 0.1) is 12.1 Å². The van der Waals surface area contributed by atoms with Crippen LogP contribution in [0.3, 0.4) is 0 Å². The normalized spacial score (nSPS) is 8.89. The van der Waals surface area contributed by atoms with Gasteiger partial charge in [0, 0.05) is 5.38 Å². The summed E-state index contributed by atoms with van der Waals surface area (Å²) in [4.78, 5) is 3.89. The average molecular weight is 157 g/mol. The number of thiazole rings is 1. The van der Waals surface area contributed by atoms with Crippen molar-refractivity contribution in [3.05, 3.63) is 22.0 Å². The summed E-state index contributed by atoms with van der Waals surface area (Å²) in [5.41, 5.74) is 0.757. The van der Waals surface area contributed by atoms with E-state index in [1.54, 1.807) is 6.42 Å². The summed E-state index contributed by atoms with van der Waals surface area (Å²) in [6, 6.07) is 0. The number of hydrogen-bond acceptors (Lipinski definition) is 2. The minimum atomic E-state index is 0.525. The van der Waals surface area contributed by atoms with E-state index in [1.165, 1.54) is 11.3 Å². The van der Waals surface area contributed by atoms with Gasteiger partial charge in [-0.15, -0.1) is 17.8 Å². The van der Waals surface area contributed by atoms with Crippen molar-refractivity contribution in [2.24, 2.45) is 0 Å². The lowest BCUT2D eigenvalue weighted by Crippen LogP contribution is -1.74. The van der Waals surface area contributed by atoms with E-state index in [0.717, 1.165) is 5.69 Å². The third kappa shape index (κ3) is 1.70. The maximum atomic E-state index is 5.51. The first-order chi connectivity index (χ1) is 4.33. The summed E-state index contributed by atoms with van der Waals surface area (Å²) in [5, 5.41) is 1.81. The molecule has 9 heavy (non-hydrogen) atoms. The number of nitrogens with zero attached hydrogens (tertiary/aromatic N) is 1. The minimum Gasteiger partial charge on any atom is -0.229 e. The Morgan fingerprint density at radius 2 is 2.67 bits per heavy atom. The van der Waals surface area contributed by atoms with Crippen molar-refractivity contribution in [3.8, 4) is 12.3 Å². The highest BCUT2D eigenvalue weighted by molar-refractivity contribution is 7.14. The molecular weight excluding hydrogens is 154 g/mol. The van der Waals surface area contributed by atoms with Crippen molar-refractivity contribution in [2.45, 2.75) is 0 Å². The second kappa shape index (κ2) is 2.86. The van der Waals surface area contributed by atoms with Crippen molar-refractivity contribution in [1.82, 2.24) is 4.98 Å². The van der Waals surface area contributed by atoms with E-state index in [0.29, 0.717) is 4.47 Å². The van der Waals surface area contributed by atoms with E-state index < -0.39 is 0 Å². The Hall–Kier alpha value is -0.520. The van der Waals surface area contributed by atoms with Crippen molar-refractivity contribution in [3.63, 3.8) is 0 Å². The molecule has 0 aliphatic rings. The molecule has 0 spiro atoms. The highest BCUT2D eigenvalue weighted by atomic mass is 35.5. The SMILES string of the molecule is C#C[CH]c1csc(Cl)n1. The van der Waals surface area contributed by atoms with Gasteiger partial charge in [-0.3, -0.25) is 0 Å². The zero-order valence-electron chi connectivity index (χ0n) is 4.47. The lowest BCUT2D eigenvalue weighted by molar-refractivity contribution is 1.32. The van der Waals surface area contributed by atoms with Gasteiger partial charge in [0.1, 0.15) is 0 Å². The van der Waals surface area contributed by atoms with E-state index in [9.17, 15) is 0 Å². The maximum absolute atomic E-state index is 5.51. The molecule has 1 aromatic rings. The van der Waals surface area contributed by atoms with E-state index in [2.05, 4.69) is 10.9 Å². The van der Waals surface area contributed by atoms with Gasteiger partial charge in [-0.05, 0) is 0 Å². The smallest absolute Gasteiger partial charge is 0.183 e. The second-order valence-corrected chi connectivity index (χ2v) is 2.78. The molecule has 0 N–H and O–H groups in total. The van der Waals surface area contributed by atoms with Crippen molar-refractivity contribution < 1.29 is 0 Å². The Kier molecular flexibility index (Phi) is 2.10. The molecule has 0 saturated carbocycles. The molecule has 45 valence electrons. The van der Waals surface area contributed by atoms with Gasteiger partial charge in [0.15, 0.2) is 4.47 Å². The summed E-state index contributed by atoms with van der Waals surface area (Å²) >= 11 is 6.89. The fraction of sp³-hybridized carbons (Fsp3) is 0. The largest absolute Gasteiger partial charge is 0.229 e. The van der Waals surface area contributed by atoms with E-state index in [-0.39, 0.29) is 0 Å². The zero-order chi connectivity index (χ0) is 6.69. The molecule has 0 aromatic carbocycles. The van der Waals surface area contributed by atoms with Crippen LogP contribution >= 0.6 is 22.9 Å². The van der Waals surface area contributed by atoms with Crippen LogP contribution in [0.25, 0.3) is 0 Å². The fourth-order valence-corrected chi connectivity index (χ4v) is 1.14. The first-order valence-electron chi connectivity index (χ1n) is 2.23. The predicted molar refractivity (Wildman–Crippen MR) is 39.4 cm³/mol. The average Bonchev–Trinajstić information content (AvgIpc) is 2.17. The molecule has 0 saturated heterocycles. The lowest BCUT2D eigenvalue weighted by atomic mass is 10.4. The van der Waals surface area contributed by atoms with Gasteiger partial charge in [0.25, 0.3) is 0 Å². The second-order valence-electron chi connectivity index (χ2n) is 1.34. The standard InChI is InChI=1S/C6H3ClNS/c1-2-3-5-4-9-6(7)8-5/h1,3-4H. The Bertz CT molecular complexity index is 235. The molecule has 0 aliphatic heterocycles. The number of rotatable bonds is 1. The Labute approximate surface area is 62.7 Å². The van der Waals surface area contributed by atoms with Crippen molar-refractivity contribution in [1.29, 1.82) is 0 Å². The molecule has 1 nitrogen and oxygen atoms in total. The number of hydrogen-bond donors (Lipinski definition) is 0.